The van der Waals surface area contributed by atoms with Crippen LogP contribution in [0.15, 0.2) is 48.5 Å². The fourth-order valence-corrected chi connectivity index (χ4v) is 4.97. The van der Waals surface area contributed by atoms with E-state index < -0.39 is 10.3 Å². The molecule has 0 aromatic heterocycles. The lowest BCUT2D eigenvalue weighted by molar-refractivity contribution is -0.384. The fraction of sp³-hybridized carbons (Fsp3) is 0.462. The highest BCUT2D eigenvalue weighted by molar-refractivity contribution is 5.99. The number of likely N-dealkylation sites (tertiary alicyclic amines) is 1. The lowest BCUT2D eigenvalue weighted by atomic mass is 9.68. The van der Waals surface area contributed by atoms with Crippen LogP contribution in [0.25, 0.3) is 0 Å². The molecule has 34 heavy (non-hydrogen) atoms. The molecule has 0 bridgehead atoms. The van der Waals surface area contributed by atoms with Crippen molar-refractivity contribution in [3.8, 4) is 5.75 Å². The molecule has 2 fully saturated rings. The van der Waals surface area contributed by atoms with Gasteiger partial charge in [-0.3, -0.25) is 19.7 Å². The number of benzene rings is 2. The van der Waals surface area contributed by atoms with Crippen molar-refractivity contribution in [1.82, 2.24) is 4.90 Å². The topological polar surface area (TPSA) is 102 Å². The van der Waals surface area contributed by atoms with Crippen molar-refractivity contribution in [1.29, 1.82) is 0 Å². The van der Waals surface area contributed by atoms with Crippen molar-refractivity contribution in [3.05, 3.63) is 64.2 Å². The van der Waals surface area contributed by atoms with Gasteiger partial charge in [-0.05, 0) is 61.9 Å². The van der Waals surface area contributed by atoms with Crippen LogP contribution in [0.3, 0.4) is 0 Å². The minimum Gasteiger partial charge on any atom is -0.484 e. The van der Waals surface area contributed by atoms with Gasteiger partial charge in [-0.1, -0.05) is 31.4 Å². The molecule has 180 valence electrons. The van der Waals surface area contributed by atoms with Crippen LogP contribution in [0.2, 0.25) is 0 Å². The van der Waals surface area contributed by atoms with Crippen LogP contribution < -0.4 is 10.1 Å². The number of non-ortho nitro benzene ring substituents is 1. The molecule has 2 aromatic rings. The Labute approximate surface area is 199 Å². The maximum absolute atomic E-state index is 13.5. The quantitative estimate of drug-likeness (QED) is 0.466. The number of nitro benzene ring substituents is 1. The summed E-state index contributed by atoms with van der Waals surface area (Å²) >= 11 is 0. The van der Waals surface area contributed by atoms with Gasteiger partial charge in [-0.15, -0.1) is 0 Å². The largest absolute Gasteiger partial charge is 0.484 e. The highest BCUT2D eigenvalue weighted by Gasteiger charge is 2.41. The molecule has 2 aromatic carbocycles. The Hall–Kier alpha value is -3.42. The number of rotatable bonds is 7. The number of nitrogens with one attached hydrogen (secondary N) is 1. The van der Waals surface area contributed by atoms with Crippen molar-refractivity contribution in [2.75, 3.05) is 25.0 Å². The number of carbonyl (C=O) groups is 2. The molecule has 2 aliphatic rings. The van der Waals surface area contributed by atoms with E-state index in [0.29, 0.717) is 24.3 Å². The zero-order valence-corrected chi connectivity index (χ0v) is 19.3. The number of hydrogen-bond acceptors (Lipinski definition) is 5. The van der Waals surface area contributed by atoms with Gasteiger partial charge in [0.2, 0.25) is 5.91 Å². The molecule has 1 heterocycles. The second kappa shape index (κ2) is 10.7. The number of ether oxygens (including phenoxy) is 1. The first kappa shape index (κ1) is 23.7. The summed E-state index contributed by atoms with van der Waals surface area (Å²) in [7, 11) is 0. The maximum Gasteiger partial charge on any atom is 0.269 e. The van der Waals surface area contributed by atoms with Crippen LogP contribution in [-0.4, -0.2) is 41.3 Å². The summed E-state index contributed by atoms with van der Waals surface area (Å²) in [6.07, 6.45) is 7.61. The fourth-order valence-electron chi connectivity index (χ4n) is 4.97. The predicted octanol–water partition coefficient (Wildman–Crippen LogP) is 4.83. The summed E-state index contributed by atoms with van der Waals surface area (Å²) in [4.78, 5) is 38.2. The second-order valence-electron chi connectivity index (χ2n) is 9.16. The standard InChI is InChI=1S/C26H31N3O5/c30-24(28-17-5-2-6-18-28)19-34-23-13-9-21(10-14-23)27-25(31)26(15-3-1-4-16-26)20-7-11-22(12-8-20)29(32)33/h7-14H,1-6,15-19H2,(H,27,31). The number of hydrogen-bond donors (Lipinski definition) is 1. The van der Waals surface area contributed by atoms with Gasteiger partial charge in [-0.2, -0.15) is 0 Å². The Kier molecular flexibility index (Phi) is 7.45. The van der Waals surface area contributed by atoms with Crippen molar-refractivity contribution >= 4 is 23.2 Å². The van der Waals surface area contributed by atoms with Gasteiger partial charge in [0.05, 0.1) is 10.3 Å². The molecule has 2 amide bonds. The summed E-state index contributed by atoms with van der Waals surface area (Å²) in [5.74, 6) is 0.473. The van der Waals surface area contributed by atoms with Gasteiger partial charge in [-0.25, -0.2) is 0 Å². The normalized spacial score (nSPS) is 17.6. The highest BCUT2D eigenvalue weighted by Crippen LogP contribution is 2.41. The van der Waals surface area contributed by atoms with E-state index >= 15 is 0 Å². The average Bonchev–Trinajstić information content (AvgIpc) is 2.89. The maximum atomic E-state index is 13.5. The number of piperidine rings is 1. The number of amides is 2. The minimum atomic E-state index is -0.705. The molecule has 0 unspecified atom stereocenters. The first-order valence-electron chi connectivity index (χ1n) is 12.0. The third-order valence-electron chi connectivity index (χ3n) is 6.96. The van der Waals surface area contributed by atoms with Crippen molar-refractivity contribution in [3.63, 3.8) is 0 Å². The molecule has 1 N–H and O–H groups in total. The van der Waals surface area contributed by atoms with Crippen LogP contribution in [0.1, 0.15) is 56.9 Å². The zero-order valence-electron chi connectivity index (χ0n) is 19.3. The molecular formula is C26H31N3O5. The molecule has 1 aliphatic carbocycles. The zero-order chi connectivity index (χ0) is 24.0. The molecule has 1 aliphatic heterocycles. The van der Waals surface area contributed by atoms with E-state index in [1.807, 2.05) is 4.90 Å². The molecule has 0 atom stereocenters. The van der Waals surface area contributed by atoms with Gasteiger partial charge in [0, 0.05) is 30.9 Å². The Bertz CT molecular complexity index is 1010. The van der Waals surface area contributed by atoms with Crippen molar-refractivity contribution < 1.29 is 19.2 Å². The number of nitro groups is 1. The predicted molar refractivity (Wildman–Crippen MR) is 129 cm³/mol. The van der Waals surface area contributed by atoms with Gasteiger partial charge < -0.3 is 15.0 Å². The van der Waals surface area contributed by atoms with Gasteiger partial charge in [0.25, 0.3) is 11.6 Å². The average molecular weight is 466 g/mol. The second-order valence-corrected chi connectivity index (χ2v) is 9.16. The van der Waals surface area contributed by atoms with E-state index in [1.165, 1.54) is 18.6 Å². The van der Waals surface area contributed by atoms with Crippen molar-refractivity contribution in [2.45, 2.75) is 56.8 Å². The molecule has 1 saturated carbocycles. The third kappa shape index (κ3) is 5.38. The summed E-state index contributed by atoms with van der Waals surface area (Å²) in [5.41, 5.74) is 0.770. The SMILES string of the molecule is O=C(COc1ccc(NC(=O)C2(c3ccc([N+](=O)[O-])cc3)CCCCC2)cc1)N1CCCCC1. The number of anilines is 1. The lowest BCUT2D eigenvalue weighted by Crippen LogP contribution is -2.42. The summed E-state index contributed by atoms with van der Waals surface area (Å²) < 4.78 is 5.66. The Morgan fingerprint density at radius 1 is 0.912 bits per heavy atom. The summed E-state index contributed by atoms with van der Waals surface area (Å²) in [6, 6.07) is 13.4. The van der Waals surface area contributed by atoms with E-state index in [4.69, 9.17) is 4.74 Å². The smallest absolute Gasteiger partial charge is 0.269 e. The summed E-state index contributed by atoms with van der Waals surface area (Å²) in [6.45, 7) is 1.60. The minimum absolute atomic E-state index is 0.000539. The van der Waals surface area contributed by atoms with Crippen LogP contribution in [0.5, 0.6) is 5.75 Å². The van der Waals surface area contributed by atoms with E-state index in [0.717, 1.165) is 50.8 Å². The van der Waals surface area contributed by atoms with Crippen LogP contribution >= 0.6 is 0 Å². The highest BCUT2D eigenvalue weighted by atomic mass is 16.6. The van der Waals surface area contributed by atoms with E-state index in [9.17, 15) is 19.7 Å². The van der Waals surface area contributed by atoms with Crippen LogP contribution in [0, 0.1) is 10.1 Å². The van der Waals surface area contributed by atoms with E-state index in [2.05, 4.69) is 5.32 Å². The van der Waals surface area contributed by atoms with Crippen LogP contribution in [0.4, 0.5) is 11.4 Å². The first-order valence-corrected chi connectivity index (χ1v) is 12.0. The van der Waals surface area contributed by atoms with Crippen molar-refractivity contribution in [2.24, 2.45) is 0 Å². The Balaban J connectivity index is 1.40. The number of nitrogens with zero attached hydrogens (tertiary/aromatic N) is 2. The Morgan fingerprint density at radius 2 is 1.53 bits per heavy atom. The van der Waals surface area contributed by atoms with E-state index in [1.54, 1.807) is 36.4 Å². The molecule has 0 radical (unpaired) electrons. The molecule has 8 heteroatoms. The molecule has 8 nitrogen and oxygen atoms in total. The lowest BCUT2D eigenvalue weighted by Gasteiger charge is -2.36. The Morgan fingerprint density at radius 3 is 2.15 bits per heavy atom. The number of carbonyl (C=O) groups excluding carboxylic acids is 2. The van der Waals surface area contributed by atoms with Gasteiger partial charge >= 0.3 is 0 Å². The molecular weight excluding hydrogens is 434 g/mol. The molecule has 4 rings (SSSR count). The molecule has 0 spiro atoms. The van der Waals surface area contributed by atoms with E-state index in [-0.39, 0.29) is 24.1 Å². The van der Waals surface area contributed by atoms with Crippen LogP contribution in [-0.2, 0) is 15.0 Å². The monoisotopic (exact) mass is 465 g/mol. The molecule has 1 saturated heterocycles. The van der Waals surface area contributed by atoms with Gasteiger partial charge in [0.15, 0.2) is 6.61 Å². The van der Waals surface area contributed by atoms with Gasteiger partial charge in [0.1, 0.15) is 5.75 Å². The first-order chi connectivity index (χ1) is 16.5. The third-order valence-corrected chi connectivity index (χ3v) is 6.96. The summed E-state index contributed by atoms with van der Waals surface area (Å²) in [5, 5.41) is 14.1.